The van der Waals surface area contributed by atoms with Gasteiger partial charge in [-0.15, -0.1) is 0 Å². The summed E-state index contributed by atoms with van der Waals surface area (Å²) in [6.07, 6.45) is -7.97. The minimum absolute atomic E-state index is 0.0366. The molecular formula is C36H65NO12. The SMILES string of the molecule is CC[C@H]1OC(=O)[C@H](C)[C@@H](O[C@H]2C[C@@](C)(OC)[C@@H](O)[C@H](C)O2)[C@H](C)[C@@H](O[C@@H]2O[C@H](C)C[C@H](N(C)C)[C@H]2O)[C@](C)(O)C[C@@H](C)C(=O)C[C@@H](O)[C@H]1C. The molecule has 0 unspecified atom stereocenters. The summed E-state index contributed by atoms with van der Waals surface area (Å²) in [4.78, 5) is 29.3. The van der Waals surface area contributed by atoms with E-state index in [9.17, 15) is 30.0 Å². The Bertz CT molecular complexity index is 1090. The zero-order chi connectivity index (χ0) is 37.2. The lowest BCUT2D eigenvalue weighted by Crippen LogP contribution is -2.60. The molecule has 0 aliphatic carbocycles. The predicted octanol–water partition coefficient (Wildman–Crippen LogP) is 2.42. The van der Waals surface area contributed by atoms with Gasteiger partial charge in [-0.1, -0.05) is 27.7 Å². The van der Waals surface area contributed by atoms with Gasteiger partial charge in [0.1, 0.15) is 24.1 Å². The maximum absolute atomic E-state index is 14.0. The second-order valence-corrected chi connectivity index (χ2v) is 15.8. The molecule has 286 valence electrons. The molecule has 0 saturated carbocycles. The first-order valence-electron chi connectivity index (χ1n) is 18.0. The number of aliphatic hydroxyl groups excluding tert-OH is 3. The van der Waals surface area contributed by atoms with E-state index in [0.717, 1.165) is 0 Å². The maximum atomic E-state index is 14.0. The smallest absolute Gasteiger partial charge is 0.311 e. The van der Waals surface area contributed by atoms with Crippen LogP contribution >= 0.6 is 0 Å². The molecular weight excluding hydrogens is 638 g/mol. The maximum Gasteiger partial charge on any atom is 0.311 e. The van der Waals surface area contributed by atoms with Crippen LogP contribution in [0.3, 0.4) is 0 Å². The molecule has 4 N–H and O–H groups in total. The topological polar surface area (TPSA) is 174 Å². The van der Waals surface area contributed by atoms with Crippen molar-refractivity contribution >= 4 is 11.8 Å². The standard InChI is InChI=1S/C36H65NO12/c1-13-27-20(4)26(39)15-25(38)18(2)16-35(8,43)32(49-34-29(40)24(37(10)11)14-19(3)45-34)21(5)30(22(6)33(42)47-27)48-28-17-36(9,44-12)31(41)23(7)46-28/h18-24,26-32,34,39-41,43H,13-17H2,1-12H3/t18-,19-,20-,21+,22-,23+,24+,26-,27-,28+,29-,30+,31+,32-,34+,35-,36-/m1/s1. The van der Waals surface area contributed by atoms with Gasteiger partial charge in [0, 0.05) is 43.7 Å². The van der Waals surface area contributed by atoms with Crippen LogP contribution in [-0.2, 0) is 38.0 Å². The van der Waals surface area contributed by atoms with Gasteiger partial charge >= 0.3 is 5.97 Å². The Morgan fingerprint density at radius 2 is 1.57 bits per heavy atom. The van der Waals surface area contributed by atoms with E-state index in [4.69, 9.17) is 28.4 Å². The van der Waals surface area contributed by atoms with Crippen LogP contribution in [0.1, 0.15) is 94.4 Å². The molecule has 13 heteroatoms. The third-order valence-electron chi connectivity index (χ3n) is 11.4. The fourth-order valence-electron chi connectivity index (χ4n) is 7.92. The molecule has 3 heterocycles. The van der Waals surface area contributed by atoms with Crippen LogP contribution in [0.15, 0.2) is 0 Å². The second-order valence-electron chi connectivity index (χ2n) is 15.8. The summed E-state index contributed by atoms with van der Waals surface area (Å²) in [7, 11) is 5.23. The molecule has 3 saturated heterocycles. The number of hydrogen-bond donors (Lipinski definition) is 4. The Kier molecular flexibility index (Phi) is 14.7. The minimum Gasteiger partial charge on any atom is -0.462 e. The zero-order valence-corrected chi connectivity index (χ0v) is 31.7. The molecule has 0 radical (unpaired) electrons. The van der Waals surface area contributed by atoms with Crippen molar-refractivity contribution in [3.05, 3.63) is 0 Å². The molecule has 0 bridgehead atoms. The third-order valence-corrected chi connectivity index (χ3v) is 11.4. The lowest BCUT2D eigenvalue weighted by molar-refractivity contribution is -0.317. The van der Waals surface area contributed by atoms with E-state index in [2.05, 4.69) is 0 Å². The number of aliphatic hydroxyl groups is 4. The van der Waals surface area contributed by atoms with Crippen LogP contribution in [0.5, 0.6) is 0 Å². The summed E-state index contributed by atoms with van der Waals surface area (Å²) in [6, 6.07) is -0.293. The van der Waals surface area contributed by atoms with Crippen LogP contribution in [-0.4, -0.2) is 137 Å². The molecule has 0 amide bonds. The zero-order valence-electron chi connectivity index (χ0n) is 31.7. The average Bonchev–Trinajstić information content (AvgIpc) is 3.02. The van der Waals surface area contributed by atoms with Gasteiger partial charge in [0.05, 0.1) is 47.6 Å². The lowest BCUT2D eigenvalue weighted by Gasteiger charge is -2.48. The van der Waals surface area contributed by atoms with Crippen molar-refractivity contribution in [3.63, 3.8) is 0 Å². The van der Waals surface area contributed by atoms with Gasteiger partial charge in [-0.25, -0.2) is 0 Å². The van der Waals surface area contributed by atoms with Crippen molar-refractivity contribution < 1.29 is 58.4 Å². The van der Waals surface area contributed by atoms with E-state index in [1.807, 2.05) is 32.8 Å². The number of hydrogen-bond acceptors (Lipinski definition) is 13. The second kappa shape index (κ2) is 17.0. The largest absolute Gasteiger partial charge is 0.462 e. The Labute approximate surface area is 292 Å². The van der Waals surface area contributed by atoms with Gasteiger partial charge in [-0.2, -0.15) is 0 Å². The number of cyclic esters (lactones) is 1. The van der Waals surface area contributed by atoms with Crippen LogP contribution in [0.25, 0.3) is 0 Å². The van der Waals surface area contributed by atoms with Crippen LogP contribution in [0, 0.1) is 23.7 Å². The molecule has 0 aromatic carbocycles. The molecule has 3 fully saturated rings. The summed E-state index contributed by atoms with van der Waals surface area (Å²) < 4.78 is 37.2. The number of carbonyl (C=O) groups excluding carboxylic acids is 2. The number of rotatable bonds is 7. The molecule has 3 rings (SSSR count). The number of carbonyl (C=O) groups is 2. The van der Waals surface area contributed by atoms with Crippen molar-refractivity contribution in [1.82, 2.24) is 4.90 Å². The molecule has 0 spiro atoms. The lowest BCUT2D eigenvalue weighted by atomic mass is 9.76. The van der Waals surface area contributed by atoms with Crippen molar-refractivity contribution in [2.45, 2.75) is 173 Å². The molecule has 0 aromatic rings. The number of likely N-dealkylation sites (N-methyl/N-ethyl adjacent to an activating group) is 1. The van der Waals surface area contributed by atoms with Gasteiger partial charge in [0.2, 0.25) is 0 Å². The number of esters is 1. The average molecular weight is 704 g/mol. The summed E-state index contributed by atoms with van der Waals surface area (Å²) in [5.41, 5.74) is -2.72. The van der Waals surface area contributed by atoms with Crippen LogP contribution in [0.4, 0.5) is 0 Å². The van der Waals surface area contributed by atoms with E-state index in [0.29, 0.717) is 12.8 Å². The summed E-state index contributed by atoms with van der Waals surface area (Å²) in [5.74, 6) is -3.74. The van der Waals surface area contributed by atoms with Crippen LogP contribution < -0.4 is 0 Å². The Balaban J connectivity index is 2.13. The molecule has 13 nitrogen and oxygen atoms in total. The van der Waals surface area contributed by atoms with E-state index in [1.165, 1.54) is 7.11 Å². The number of Topliss-reactive ketones (excluding diaryl/α,β-unsaturated/α-hetero) is 1. The third kappa shape index (κ3) is 9.79. The van der Waals surface area contributed by atoms with Crippen molar-refractivity contribution in [3.8, 4) is 0 Å². The summed E-state index contributed by atoms with van der Waals surface area (Å²) in [5, 5.41) is 45.6. The fourth-order valence-corrected chi connectivity index (χ4v) is 7.92. The minimum atomic E-state index is -1.71. The number of methoxy groups -OCH3 is 1. The summed E-state index contributed by atoms with van der Waals surface area (Å²) in [6.45, 7) is 15.7. The van der Waals surface area contributed by atoms with E-state index in [1.54, 1.807) is 48.5 Å². The number of nitrogens with zero attached hydrogens (tertiary/aromatic N) is 1. The molecule has 3 aliphatic rings. The van der Waals surface area contributed by atoms with E-state index < -0.39 is 96.2 Å². The van der Waals surface area contributed by atoms with Crippen molar-refractivity contribution in [2.24, 2.45) is 23.7 Å². The number of ether oxygens (including phenoxy) is 6. The van der Waals surface area contributed by atoms with Crippen LogP contribution in [0.2, 0.25) is 0 Å². The Morgan fingerprint density at radius 3 is 2.14 bits per heavy atom. The normalized spacial score (nSPS) is 48.2. The highest BCUT2D eigenvalue weighted by Crippen LogP contribution is 2.40. The highest BCUT2D eigenvalue weighted by Gasteiger charge is 2.52. The first-order chi connectivity index (χ1) is 22.7. The van der Waals surface area contributed by atoms with E-state index in [-0.39, 0.29) is 37.2 Å². The monoisotopic (exact) mass is 703 g/mol. The van der Waals surface area contributed by atoms with Gasteiger partial charge < -0.3 is 53.7 Å². The number of ketones is 1. The van der Waals surface area contributed by atoms with Crippen molar-refractivity contribution in [2.75, 3.05) is 21.2 Å². The molecule has 49 heavy (non-hydrogen) atoms. The summed E-state index contributed by atoms with van der Waals surface area (Å²) >= 11 is 0. The highest BCUT2D eigenvalue weighted by atomic mass is 16.7. The predicted molar refractivity (Wildman–Crippen MR) is 180 cm³/mol. The highest BCUT2D eigenvalue weighted by molar-refractivity contribution is 5.81. The molecule has 3 aliphatic heterocycles. The molecule has 17 atom stereocenters. The first kappa shape index (κ1) is 42.2. The van der Waals surface area contributed by atoms with Gasteiger partial charge in [-0.05, 0) is 68.0 Å². The molecule has 0 aromatic heterocycles. The van der Waals surface area contributed by atoms with Gasteiger partial charge in [0.15, 0.2) is 12.6 Å². The Morgan fingerprint density at radius 1 is 0.939 bits per heavy atom. The van der Waals surface area contributed by atoms with Crippen molar-refractivity contribution in [1.29, 1.82) is 0 Å². The van der Waals surface area contributed by atoms with Gasteiger partial charge in [0.25, 0.3) is 0 Å². The Hall–Kier alpha value is -1.26. The fraction of sp³-hybridized carbons (Fsp3) is 0.944. The van der Waals surface area contributed by atoms with E-state index >= 15 is 0 Å². The van der Waals surface area contributed by atoms with Gasteiger partial charge in [-0.3, -0.25) is 9.59 Å². The first-order valence-corrected chi connectivity index (χ1v) is 18.0. The quantitative estimate of drug-likeness (QED) is 0.285.